The van der Waals surface area contributed by atoms with Gasteiger partial charge in [-0.3, -0.25) is 4.79 Å². The Hall–Kier alpha value is -2.28. The average molecular weight is 1270 g/mol. The molecule has 0 spiro atoms. The molecule has 16 N–H and O–H groups in total. The number of allylic oxidation sites excluding steroid dienone is 2. The Bertz CT molecular complexity index is 2500. The molecule has 9 fully saturated rings. The van der Waals surface area contributed by atoms with Crippen LogP contribution in [0.25, 0.3) is 0 Å². The highest BCUT2D eigenvalue weighted by Crippen LogP contribution is 2.76. The van der Waals surface area contributed by atoms with E-state index in [4.69, 9.17) is 47.4 Å². The molecule has 88 heavy (non-hydrogen) atoms. The zero-order chi connectivity index (χ0) is 64.4. The molecule has 33 atom stereocenters. The summed E-state index contributed by atoms with van der Waals surface area (Å²) in [7, 11) is 0. The van der Waals surface area contributed by atoms with Crippen molar-refractivity contribution >= 4 is 11.9 Å². The van der Waals surface area contributed by atoms with Gasteiger partial charge in [0, 0.05) is 0 Å². The number of hydrogen-bond donors (Lipinski definition) is 16. The lowest BCUT2D eigenvalue weighted by Crippen LogP contribution is -2.67. The number of carboxylic acids is 1. The standard InChI is InChI=1S/C60H96O28/c1-23-32(63)35(66)41(72)50(80-23)85-45-27(21-62)82-49(44(75)40(45)71)79-22-28-34(65)37(68)43(74)52(83-28)88-54(78)60-17-15-55(2,3)19-25(60)24-9-10-30-57(6)13-12-31(56(4,5)29(57)11-14-59(30,8)58(24,7)16-18-60)84-53-47(39(70)38(69)46(86-53)48(76)77)87-51-42(73)36(67)33(64)26(20-61)81-51/h9,23,25-47,49-53,61-75H,10-22H2,1-8H3,(H,76,77)/t23-,25-,26+,27+,28+,29?,30?,31-,32-,33+,34+,35+,36-,37-,38-,39-,40+,41+,42+,43+,44+,45+,46-,47+,49+,50-,51-,52-,53+,57-,58+,59+,60-/m0/s1. The first-order chi connectivity index (χ1) is 41.1. The molecule has 4 saturated carbocycles. The van der Waals surface area contributed by atoms with Gasteiger partial charge in [-0.2, -0.15) is 0 Å². The fourth-order valence-electron chi connectivity index (χ4n) is 17.8. The third kappa shape index (κ3) is 11.4. The lowest BCUT2D eigenvalue weighted by Gasteiger charge is -2.71. The van der Waals surface area contributed by atoms with Gasteiger partial charge >= 0.3 is 11.9 Å². The predicted molar refractivity (Wildman–Crippen MR) is 295 cm³/mol. The number of carbonyl (C=O) groups excluding carboxylic acids is 1. The molecule has 0 bridgehead atoms. The van der Waals surface area contributed by atoms with E-state index >= 15 is 4.79 Å². The van der Waals surface area contributed by atoms with Crippen LogP contribution in [0.5, 0.6) is 0 Å². The maximum atomic E-state index is 15.3. The van der Waals surface area contributed by atoms with Crippen molar-refractivity contribution in [1.82, 2.24) is 0 Å². The maximum absolute atomic E-state index is 15.3. The zero-order valence-electron chi connectivity index (χ0n) is 51.1. The molecule has 10 rings (SSSR count). The molecule has 5 saturated heterocycles. The van der Waals surface area contributed by atoms with E-state index in [-0.39, 0.29) is 34.0 Å². The van der Waals surface area contributed by atoms with Gasteiger partial charge in [0.05, 0.1) is 37.4 Å². The minimum atomic E-state index is -2.02. The van der Waals surface area contributed by atoms with Crippen LogP contribution >= 0.6 is 0 Å². The largest absolute Gasteiger partial charge is 0.479 e. The lowest BCUT2D eigenvalue weighted by molar-refractivity contribution is -0.374. The number of hydrogen-bond acceptors (Lipinski definition) is 27. The van der Waals surface area contributed by atoms with Crippen LogP contribution in [0.1, 0.15) is 120 Å². The summed E-state index contributed by atoms with van der Waals surface area (Å²) in [5, 5.41) is 172. The van der Waals surface area contributed by atoms with Crippen LogP contribution in [0.15, 0.2) is 11.6 Å². The highest BCUT2D eigenvalue weighted by Gasteiger charge is 2.70. The first kappa shape index (κ1) is 68.6. The zero-order valence-corrected chi connectivity index (χ0v) is 51.1. The summed E-state index contributed by atoms with van der Waals surface area (Å²) in [6.45, 7) is 14.7. The quantitative estimate of drug-likeness (QED) is 0.0466. The van der Waals surface area contributed by atoms with E-state index in [9.17, 15) is 86.5 Å². The fourth-order valence-corrected chi connectivity index (χ4v) is 17.8. The molecule has 28 heteroatoms. The van der Waals surface area contributed by atoms with Crippen molar-refractivity contribution in [1.29, 1.82) is 0 Å². The fraction of sp³-hybridized carbons (Fsp3) is 0.933. The summed E-state index contributed by atoms with van der Waals surface area (Å²) in [5.41, 5.74) is -1.79. The number of aliphatic carboxylic acids is 1. The summed E-state index contributed by atoms with van der Waals surface area (Å²) in [5.74, 6) is -2.39. The Labute approximate surface area is 510 Å². The molecule has 0 aromatic heterocycles. The Balaban J connectivity index is 0.837. The molecule has 504 valence electrons. The van der Waals surface area contributed by atoms with Crippen LogP contribution in [0, 0.1) is 50.2 Å². The van der Waals surface area contributed by atoms with Crippen LogP contribution in [0.3, 0.4) is 0 Å². The van der Waals surface area contributed by atoms with Crippen molar-refractivity contribution in [3.05, 3.63) is 11.6 Å². The van der Waals surface area contributed by atoms with Crippen LogP contribution in [0.4, 0.5) is 0 Å². The summed E-state index contributed by atoms with van der Waals surface area (Å²) in [6, 6.07) is 0. The number of esters is 1. The van der Waals surface area contributed by atoms with Gasteiger partial charge in [-0.25, -0.2) is 4.79 Å². The van der Waals surface area contributed by atoms with Crippen molar-refractivity contribution in [3.8, 4) is 0 Å². The van der Waals surface area contributed by atoms with Gasteiger partial charge in [-0.05, 0) is 116 Å². The lowest BCUT2D eigenvalue weighted by atomic mass is 9.33. The molecule has 0 radical (unpaired) electrons. The van der Waals surface area contributed by atoms with E-state index in [0.717, 1.165) is 18.4 Å². The van der Waals surface area contributed by atoms with Crippen LogP contribution < -0.4 is 0 Å². The maximum Gasteiger partial charge on any atom is 0.335 e. The first-order valence-corrected chi connectivity index (χ1v) is 31.2. The minimum absolute atomic E-state index is 0.0115. The second kappa shape index (κ2) is 25.1. The Morgan fingerprint density at radius 2 is 1.09 bits per heavy atom. The van der Waals surface area contributed by atoms with E-state index < -0.39 is 208 Å². The van der Waals surface area contributed by atoms with Crippen molar-refractivity contribution < 1.29 is 139 Å². The molecular weight excluding hydrogens is 1170 g/mol. The molecule has 28 nitrogen and oxygen atoms in total. The molecule has 0 aromatic carbocycles. The second-order valence-corrected chi connectivity index (χ2v) is 29.1. The van der Waals surface area contributed by atoms with E-state index in [1.165, 1.54) is 6.92 Å². The topological polar surface area (TPSA) is 450 Å². The minimum Gasteiger partial charge on any atom is -0.479 e. The van der Waals surface area contributed by atoms with Gasteiger partial charge in [0.15, 0.2) is 31.3 Å². The van der Waals surface area contributed by atoms with Crippen molar-refractivity contribution in [2.24, 2.45) is 50.2 Å². The normalized spacial score (nSPS) is 53.5. The molecule has 0 amide bonds. The summed E-state index contributed by atoms with van der Waals surface area (Å²) in [6.07, 6.45) is -35.1. The summed E-state index contributed by atoms with van der Waals surface area (Å²) >= 11 is 0. The summed E-state index contributed by atoms with van der Waals surface area (Å²) < 4.78 is 59.1. The molecule has 5 aliphatic carbocycles. The van der Waals surface area contributed by atoms with Crippen LogP contribution in [0.2, 0.25) is 0 Å². The molecule has 2 unspecified atom stereocenters. The molecule has 5 aliphatic heterocycles. The van der Waals surface area contributed by atoms with Gasteiger partial charge in [0.2, 0.25) is 6.29 Å². The van der Waals surface area contributed by atoms with E-state index in [1.807, 2.05) is 0 Å². The van der Waals surface area contributed by atoms with Gasteiger partial charge < -0.3 is 129 Å². The monoisotopic (exact) mass is 1260 g/mol. The predicted octanol–water partition coefficient (Wildman–Crippen LogP) is -3.09. The smallest absolute Gasteiger partial charge is 0.335 e. The van der Waals surface area contributed by atoms with Crippen LogP contribution in [-0.2, 0) is 57.0 Å². The summed E-state index contributed by atoms with van der Waals surface area (Å²) in [4.78, 5) is 27.7. The van der Waals surface area contributed by atoms with Crippen molar-refractivity contribution in [3.63, 3.8) is 0 Å². The first-order valence-electron chi connectivity index (χ1n) is 31.2. The second-order valence-electron chi connectivity index (χ2n) is 29.1. The Morgan fingerprint density at radius 3 is 1.74 bits per heavy atom. The number of fused-ring (bicyclic) bond motifs is 7. The number of ether oxygens (including phenoxy) is 10. The Morgan fingerprint density at radius 1 is 0.534 bits per heavy atom. The highest BCUT2D eigenvalue weighted by atomic mass is 16.8. The van der Waals surface area contributed by atoms with Gasteiger partial charge in [-0.15, -0.1) is 0 Å². The third-order valence-electron chi connectivity index (χ3n) is 23.4. The number of aliphatic hydroxyl groups excluding tert-OH is 15. The van der Waals surface area contributed by atoms with Gasteiger partial charge in [0.25, 0.3) is 0 Å². The molecule has 10 aliphatic rings. The van der Waals surface area contributed by atoms with Crippen molar-refractivity contribution in [2.75, 3.05) is 19.8 Å². The highest BCUT2D eigenvalue weighted by molar-refractivity contribution is 5.79. The average Bonchev–Trinajstić information content (AvgIpc) is 0.679. The molecule has 5 heterocycles. The number of carboxylic acid groups (broad SMARTS) is 1. The van der Waals surface area contributed by atoms with E-state index in [2.05, 4.69) is 54.5 Å². The van der Waals surface area contributed by atoms with E-state index in [1.54, 1.807) is 0 Å². The van der Waals surface area contributed by atoms with Crippen LogP contribution in [-0.4, -0.2) is 273 Å². The Kier molecular flexibility index (Phi) is 19.6. The van der Waals surface area contributed by atoms with Crippen molar-refractivity contribution in [2.45, 2.75) is 279 Å². The number of carbonyl (C=O) groups is 2. The van der Waals surface area contributed by atoms with E-state index in [0.29, 0.717) is 51.4 Å². The molecular formula is C60H96O28. The van der Waals surface area contributed by atoms with Gasteiger partial charge in [0.1, 0.15) is 110 Å². The third-order valence-corrected chi connectivity index (χ3v) is 23.4. The SMILES string of the molecule is C[C@@H]1O[C@@H](O[C@H]2[C@H](O)[C@@H](O)[C@H](OC[C@H]3O[C@@H](OC(=O)[C@]45CCC(C)(C)C[C@H]4C4=CCC6[C@@]7(C)CC[C@H](O[C@@H]8O[C@H](C(=O)O)[C@@H](O)[C@H](O)[C@H]8O[C@@H]8O[C@H](CO)[C@@H](O)[C@H](O)[C@H]8O)C(C)(C)C7CC[C@@]6(C)[C@]4(C)CC5)[C@H](O)[C@@H](O)[C@@H]3O)O[C@@H]2CO)[C@H](O)[C@H](O)[C@H]1O. The number of aliphatic hydroxyl groups is 15. The van der Waals surface area contributed by atoms with Gasteiger partial charge in [-0.1, -0.05) is 60.1 Å². The number of rotatable bonds is 14. The molecule has 0 aromatic rings.